The second kappa shape index (κ2) is 14.7. The Morgan fingerprint density at radius 1 is 1.07 bits per heavy atom. The Morgan fingerprint density at radius 2 is 1.66 bits per heavy atom. The molecule has 7 nitrogen and oxygen atoms in total. The van der Waals surface area contributed by atoms with Gasteiger partial charge in [0.05, 0.1) is 24.0 Å². The lowest BCUT2D eigenvalue weighted by molar-refractivity contribution is -0.125. The van der Waals surface area contributed by atoms with Crippen molar-refractivity contribution in [3.63, 3.8) is 0 Å². The Bertz CT molecular complexity index is 626. The molecule has 1 fully saturated rings. The molecule has 1 atom stereocenters. The van der Waals surface area contributed by atoms with Crippen LogP contribution in [0.5, 0.6) is 0 Å². The molecule has 0 aliphatic carbocycles. The van der Waals surface area contributed by atoms with E-state index in [1.165, 1.54) is 0 Å². The molecule has 1 aliphatic heterocycles. The summed E-state index contributed by atoms with van der Waals surface area (Å²) in [7, 11) is 0. The Hall–Kier alpha value is -1.25. The van der Waals surface area contributed by atoms with Crippen LogP contribution in [0.25, 0.3) is 0 Å². The largest absolute Gasteiger partial charge is 0.367 e. The van der Waals surface area contributed by atoms with Crippen LogP contribution in [-0.2, 0) is 9.59 Å². The van der Waals surface area contributed by atoms with E-state index in [1.807, 2.05) is 38.1 Å². The molecule has 0 unspecified atom stereocenters. The molecular formula is C19H34Cl3N5O2. The number of benzene rings is 1. The molecule has 0 radical (unpaired) electrons. The highest BCUT2D eigenvalue weighted by molar-refractivity contribution is 5.97. The van der Waals surface area contributed by atoms with E-state index in [1.54, 1.807) is 0 Å². The van der Waals surface area contributed by atoms with Crippen LogP contribution in [0.2, 0.25) is 0 Å². The van der Waals surface area contributed by atoms with Crippen LogP contribution in [0.4, 0.5) is 11.4 Å². The average molecular weight is 471 g/mol. The number of para-hydroxylation sites is 2. The average Bonchev–Trinajstić information content (AvgIpc) is 2.66. The molecule has 168 valence electrons. The SMILES string of the molecule is CCN1CCN(c2ccccc2NC(=O)CNC(=O)[C@@H](N)C(C)C)CC1.Cl.Cl.Cl. The van der Waals surface area contributed by atoms with E-state index in [0.717, 1.165) is 44.1 Å². The van der Waals surface area contributed by atoms with E-state index < -0.39 is 6.04 Å². The smallest absolute Gasteiger partial charge is 0.243 e. The fourth-order valence-corrected chi connectivity index (χ4v) is 2.94. The highest BCUT2D eigenvalue weighted by atomic mass is 35.5. The van der Waals surface area contributed by atoms with Gasteiger partial charge in [-0.05, 0) is 24.6 Å². The zero-order chi connectivity index (χ0) is 19.1. The van der Waals surface area contributed by atoms with Crippen LogP contribution in [0.15, 0.2) is 24.3 Å². The minimum atomic E-state index is -0.607. The summed E-state index contributed by atoms with van der Waals surface area (Å²) in [6, 6.07) is 7.17. The van der Waals surface area contributed by atoms with Crippen molar-refractivity contribution >= 4 is 60.4 Å². The lowest BCUT2D eigenvalue weighted by Gasteiger charge is -2.36. The predicted molar refractivity (Wildman–Crippen MR) is 127 cm³/mol. The van der Waals surface area contributed by atoms with Crippen molar-refractivity contribution in [3.05, 3.63) is 24.3 Å². The first-order valence-electron chi connectivity index (χ1n) is 9.31. The van der Waals surface area contributed by atoms with Gasteiger partial charge in [-0.1, -0.05) is 32.9 Å². The van der Waals surface area contributed by atoms with E-state index in [4.69, 9.17) is 5.73 Å². The topological polar surface area (TPSA) is 90.7 Å². The molecule has 2 amide bonds. The van der Waals surface area contributed by atoms with Crippen molar-refractivity contribution in [2.75, 3.05) is 49.5 Å². The predicted octanol–water partition coefficient (Wildman–Crippen LogP) is 2.13. The van der Waals surface area contributed by atoms with Gasteiger partial charge in [0.15, 0.2) is 0 Å². The van der Waals surface area contributed by atoms with Gasteiger partial charge < -0.3 is 26.2 Å². The number of hydrogen-bond donors (Lipinski definition) is 3. The standard InChI is InChI=1S/C19H31N5O2.3ClH/c1-4-23-9-11-24(12-10-23)16-8-6-5-7-15(16)22-17(25)13-21-19(26)18(20)14(2)3;;;/h5-8,14,18H,4,9-13,20H2,1-3H3,(H,21,26)(H,22,25);3*1H/t18-;;;/m0.../s1. The summed E-state index contributed by atoms with van der Waals surface area (Å²) in [5.41, 5.74) is 7.57. The molecule has 29 heavy (non-hydrogen) atoms. The minimum absolute atomic E-state index is 0. The number of amides is 2. The van der Waals surface area contributed by atoms with Crippen LogP contribution < -0.4 is 21.3 Å². The summed E-state index contributed by atoms with van der Waals surface area (Å²) >= 11 is 0. The van der Waals surface area contributed by atoms with Crippen molar-refractivity contribution in [3.8, 4) is 0 Å². The van der Waals surface area contributed by atoms with Crippen molar-refractivity contribution in [1.82, 2.24) is 10.2 Å². The van der Waals surface area contributed by atoms with Crippen LogP contribution in [-0.4, -0.2) is 62.0 Å². The zero-order valence-electron chi connectivity index (χ0n) is 17.2. The summed E-state index contributed by atoms with van der Waals surface area (Å²) in [5.74, 6) is -0.534. The van der Waals surface area contributed by atoms with Crippen LogP contribution in [0.1, 0.15) is 20.8 Å². The molecular weight excluding hydrogens is 437 g/mol. The molecule has 0 saturated carbocycles. The Morgan fingerprint density at radius 3 is 2.21 bits per heavy atom. The first-order valence-corrected chi connectivity index (χ1v) is 9.31. The Labute approximate surface area is 192 Å². The number of likely N-dealkylation sites (N-methyl/N-ethyl adjacent to an activating group) is 1. The molecule has 10 heteroatoms. The van der Waals surface area contributed by atoms with Crippen LogP contribution in [0, 0.1) is 5.92 Å². The molecule has 2 rings (SSSR count). The third-order valence-corrected chi connectivity index (χ3v) is 4.78. The quantitative estimate of drug-likeness (QED) is 0.568. The lowest BCUT2D eigenvalue weighted by atomic mass is 10.1. The number of hydrogen-bond acceptors (Lipinski definition) is 5. The van der Waals surface area contributed by atoms with Gasteiger partial charge >= 0.3 is 0 Å². The molecule has 1 aliphatic rings. The first-order chi connectivity index (χ1) is 12.4. The molecule has 1 aromatic carbocycles. The number of anilines is 2. The number of nitrogens with two attached hydrogens (primary N) is 1. The Balaban J connectivity index is 0. The number of piperazine rings is 1. The van der Waals surface area contributed by atoms with E-state index in [9.17, 15) is 9.59 Å². The van der Waals surface area contributed by atoms with Gasteiger partial charge in [0.1, 0.15) is 0 Å². The van der Waals surface area contributed by atoms with Gasteiger partial charge in [-0.25, -0.2) is 0 Å². The van der Waals surface area contributed by atoms with Gasteiger partial charge in [0.25, 0.3) is 0 Å². The number of nitrogens with zero attached hydrogens (tertiary/aromatic N) is 2. The van der Waals surface area contributed by atoms with Crippen molar-refractivity contribution in [2.45, 2.75) is 26.8 Å². The summed E-state index contributed by atoms with van der Waals surface area (Å²) < 4.78 is 0. The van der Waals surface area contributed by atoms with Gasteiger partial charge in [-0.15, -0.1) is 37.2 Å². The zero-order valence-corrected chi connectivity index (χ0v) is 19.7. The maximum Gasteiger partial charge on any atom is 0.243 e. The normalized spacial score (nSPS) is 14.7. The van der Waals surface area contributed by atoms with E-state index in [0.29, 0.717) is 0 Å². The number of nitrogens with one attached hydrogen (secondary N) is 2. The highest BCUT2D eigenvalue weighted by Crippen LogP contribution is 2.26. The van der Waals surface area contributed by atoms with Gasteiger partial charge in [0.2, 0.25) is 11.8 Å². The Kier molecular flexibility index (Phi) is 15.2. The van der Waals surface area contributed by atoms with Gasteiger partial charge in [-0.3, -0.25) is 9.59 Å². The molecule has 0 spiro atoms. The molecule has 1 heterocycles. The van der Waals surface area contributed by atoms with Crippen molar-refractivity contribution < 1.29 is 9.59 Å². The highest BCUT2D eigenvalue weighted by Gasteiger charge is 2.20. The third kappa shape index (κ3) is 8.97. The van der Waals surface area contributed by atoms with E-state index in [2.05, 4.69) is 27.4 Å². The number of carbonyl (C=O) groups excluding carboxylic acids is 2. The van der Waals surface area contributed by atoms with Crippen LogP contribution >= 0.6 is 37.2 Å². The summed E-state index contributed by atoms with van der Waals surface area (Å²) in [4.78, 5) is 28.8. The fourth-order valence-electron chi connectivity index (χ4n) is 2.94. The number of rotatable bonds is 7. The molecule has 0 aromatic heterocycles. The molecule has 1 aromatic rings. The van der Waals surface area contributed by atoms with Crippen molar-refractivity contribution in [2.24, 2.45) is 11.7 Å². The maximum absolute atomic E-state index is 12.2. The second-order valence-electron chi connectivity index (χ2n) is 6.97. The van der Waals surface area contributed by atoms with Gasteiger partial charge in [-0.2, -0.15) is 0 Å². The molecule has 4 N–H and O–H groups in total. The summed E-state index contributed by atoms with van der Waals surface area (Å²) in [6.07, 6.45) is 0. The lowest BCUT2D eigenvalue weighted by Crippen LogP contribution is -2.47. The minimum Gasteiger partial charge on any atom is -0.367 e. The van der Waals surface area contributed by atoms with E-state index in [-0.39, 0.29) is 61.5 Å². The van der Waals surface area contributed by atoms with Gasteiger partial charge in [0, 0.05) is 26.2 Å². The fraction of sp³-hybridized carbons (Fsp3) is 0.579. The summed E-state index contributed by atoms with van der Waals surface area (Å²) in [5, 5.41) is 5.51. The van der Waals surface area contributed by atoms with E-state index >= 15 is 0 Å². The monoisotopic (exact) mass is 469 g/mol. The maximum atomic E-state index is 12.2. The second-order valence-corrected chi connectivity index (χ2v) is 6.97. The number of carbonyl (C=O) groups is 2. The van der Waals surface area contributed by atoms with Crippen molar-refractivity contribution in [1.29, 1.82) is 0 Å². The number of halogens is 3. The summed E-state index contributed by atoms with van der Waals surface area (Å²) in [6.45, 7) is 10.8. The van der Waals surface area contributed by atoms with Crippen LogP contribution in [0.3, 0.4) is 0 Å². The molecule has 1 saturated heterocycles. The first kappa shape index (κ1) is 29.9. The molecule has 0 bridgehead atoms. The third-order valence-electron chi connectivity index (χ3n) is 4.78.